The molecular weight excluding hydrogens is 799 g/mol. The second-order valence-corrected chi connectivity index (χ2v) is 17.7. The number of para-hydroxylation sites is 1. The van der Waals surface area contributed by atoms with Crippen molar-refractivity contribution in [1.82, 2.24) is 4.98 Å². The third-order valence-corrected chi connectivity index (χ3v) is 14.2. The lowest BCUT2D eigenvalue weighted by Crippen LogP contribution is -2.28. The second kappa shape index (κ2) is 14.5. The number of aromatic nitrogens is 1. The van der Waals surface area contributed by atoms with Crippen molar-refractivity contribution >= 4 is 31.5 Å². The van der Waals surface area contributed by atoms with E-state index in [2.05, 4.69) is 206 Å². The van der Waals surface area contributed by atoms with Gasteiger partial charge in [-0.05, 0) is 92.5 Å². The van der Waals surface area contributed by atoms with E-state index in [1.807, 2.05) is 29.5 Å². The molecular formula is C60H37NO2S. The van der Waals surface area contributed by atoms with Gasteiger partial charge in [0.1, 0.15) is 0 Å². The molecule has 2 aromatic heterocycles. The molecule has 11 aromatic rings. The lowest BCUT2D eigenvalue weighted by molar-refractivity contribution is 0.360. The van der Waals surface area contributed by atoms with E-state index in [0.717, 1.165) is 50.3 Å². The minimum Gasteiger partial charge on any atom is -0.449 e. The van der Waals surface area contributed by atoms with Crippen LogP contribution in [0.3, 0.4) is 0 Å². The summed E-state index contributed by atoms with van der Waals surface area (Å²) in [5.74, 6) is 2.81. The summed E-state index contributed by atoms with van der Waals surface area (Å²) in [6.07, 6.45) is 0. The predicted octanol–water partition coefficient (Wildman–Crippen LogP) is 16.4. The summed E-state index contributed by atoms with van der Waals surface area (Å²) in [6, 6.07) is 80.0. The van der Waals surface area contributed by atoms with Crippen molar-refractivity contribution in [3.8, 4) is 78.9 Å². The van der Waals surface area contributed by atoms with Crippen LogP contribution in [0.4, 0.5) is 0 Å². The standard InChI is InChI=1S/C60H37NO2S/c1-4-15-40(16-5-1)52-33-42(34-53(61-52)41-31-32-48-47-22-11-13-26-57(47)64-58(48)35-41)38-27-29-39(30-28-38)45-23-14-25-54-59(45)63-56-37-51-49(36-55(56)62-54)46-21-10-12-24-50(46)60(51,43-17-6-2-7-18-43)44-19-8-3-9-20-44/h1-37H. The topological polar surface area (TPSA) is 31.4 Å². The summed E-state index contributed by atoms with van der Waals surface area (Å²) < 4.78 is 16.3. The van der Waals surface area contributed by atoms with Crippen LogP contribution >= 0.6 is 11.3 Å². The Morgan fingerprint density at radius 3 is 1.73 bits per heavy atom. The van der Waals surface area contributed by atoms with Crippen LogP contribution < -0.4 is 9.47 Å². The average molecular weight is 836 g/mol. The molecule has 1 aliphatic carbocycles. The van der Waals surface area contributed by atoms with Gasteiger partial charge in [-0.1, -0.05) is 182 Å². The molecule has 64 heavy (non-hydrogen) atoms. The number of hydrogen-bond acceptors (Lipinski definition) is 4. The van der Waals surface area contributed by atoms with Crippen molar-refractivity contribution in [1.29, 1.82) is 0 Å². The van der Waals surface area contributed by atoms with Crippen molar-refractivity contribution in [2.24, 2.45) is 0 Å². The van der Waals surface area contributed by atoms with Gasteiger partial charge in [0, 0.05) is 36.9 Å². The highest BCUT2D eigenvalue weighted by Gasteiger charge is 2.47. The molecule has 0 amide bonds. The van der Waals surface area contributed by atoms with Crippen LogP contribution in [0, 0.1) is 0 Å². The Morgan fingerprint density at radius 2 is 0.953 bits per heavy atom. The number of thiophene rings is 1. The van der Waals surface area contributed by atoms with Crippen LogP contribution in [0.1, 0.15) is 22.3 Å². The molecule has 4 heteroatoms. The van der Waals surface area contributed by atoms with Gasteiger partial charge >= 0.3 is 0 Å². The van der Waals surface area contributed by atoms with Gasteiger partial charge in [-0.2, -0.15) is 0 Å². The Kier molecular flexibility index (Phi) is 8.30. The predicted molar refractivity (Wildman–Crippen MR) is 263 cm³/mol. The fraction of sp³-hybridized carbons (Fsp3) is 0.0167. The maximum absolute atomic E-state index is 7.01. The Hall–Kier alpha value is -8.05. The maximum atomic E-state index is 7.01. The zero-order chi connectivity index (χ0) is 42.2. The SMILES string of the molecule is c1ccc(-c2cc(-c3ccc(-c4cccc5c4Oc4cc6c(cc4O5)-c4ccccc4C6(c4ccccc4)c4ccccc4)cc3)cc(-c3ccc4c(c3)sc3ccccc34)n2)cc1. The minimum absolute atomic E-state index is 0.541. The smallest absolute Gasteiger partial charge is 0.177 e. The third-order valence-electron chi connectivity index (χ3n) is 13.0. The first-order valence-corrected chi connectivity index (χ1v) is 22.5. The van der Waals surface area contributed by atoms with Crippen molar-refractivity contribution in [3.05, 3.63) is 247 Å². The minimum atomic E-state index is -0.541. The molecule has 13 rings (SSSR count). The Balaban J connectivity index is 0.888. The first kappa shape index (κ1) is 36.6. The Labute approximate surface area is 375 Å². The number of hydrogen-bond donors (Lipinski definition) is 0. The summed E-state index contributed by atoms with van der Waals surface area (Å²) in [4.78, 5) is 5.24. The van der Waals surface area contributed by atoms with Gasteiger partial charge < -0.3 is 9.47 Å². The van der Waals surface area contributed by atoms with Crippen LogP contribution in [-0.4, -0.2) is 4.98 Å². The van der Waals surface area contributed by atoms with Gasteiger partial charge in [-0.15, -0.1) is 11.3 Å². The molecule has 3 nitrogen and oxygen atoms in total. The van der Waals surface area contributed by atoms with Gasteiger partial charge in [0.2, 0.25) is 0 Å². The molecule has 0 unspecified atom stereocenters. The number of fused-ring (bicyclic) bond motifs is 8. The molecule has 0 fully saturated rings. The molecule has 0 bridgehead atoms. The first-order valence-electron chi connectivity index (χ1n) is 21.7. The largest absolute Gasteiger partial charge is 0.449 e. The molecule has 9 aromatic carbocycles. The van der Waals surface area contributed by atoms with Gasteiger partial charge in [-0.25, -0.2) is 4.98 Å². The number of nitrogens with zero attached hydrogens (tertiary/aromatic N) is 1. The summed E-state index contributed by atoms with van der Waals surface area (Å²) in [5.41, 5.74) is 14.9. The number of rotatable bonds is 6. The molecule has 0 radical (unpaired) electrons. The van der Waals surface area contributed by atoms with Crippen LogP contribution in [-0.2, 0) is 5.41 Å². The molecule has 300 valence electrons. The van der Waals surface area contributed by atoms with E-state index < -0.39 is 5.41 Å². The Bertz CT molecular complexity index is 3560. The quantitative estimate of drug-likeness (QED) is 0.167. The van der Waals surface area contributed by atoms with Crippen molar-refractivity contribution in [3.63, 3.8) is 0 Å². The van der Waals surface area contributed by atoms with Gasteiger partial charge in [0.05, 0.1) is 16.8 Å². The fourth-order valence-corrected chi connectivity index (χ4v) is 11.2. The van der Waals surface area contributed by atoms with E-state index in [4.69, 9.17) is 14.5 Å². The first-order chi connectivity index (χ1) is 31.7. The van der Waals surface area contributed by atoms with E-state index in [0.29, 0.717) is 23.0 Å². The van der Waals surface area contributed by atoms with Crippen LogP contribution in [0.2, 0.25) is 0 Å². The molecule has 3 heterocycles. The summed E-state index contributed by atoms with van der Waals surface area (Å²) >= 11 is 1.83. The van der Waals surface area contributed by atoms with Gasteiger partial charge in [-0.3, -0.25) is 0 Å². The van der Waals surface area contributed by atoms with E-state index in [1.54, 1.807) is 0 Å². The molecule has 0 N–H and O–H groups in total. The highest BCUT2D eigenvalue weighted by Crippen LogP contribution is 2.60. The van der Waals surface area contributed by atoms with Crippen molar-refractivity contribution < 1.29 is 9.47 Å². The molecule has 0 saturated heterocycles. The molecule has 2 aliphatic rings. The molecule has 0 spiro atoms. The zero-order valence-electron chi connectivity index (χ0n) is 34.5. The van der Waals surface area contributed by atoms with E-state index in [9.17, 15) is 0 Å². The number of ether oxygens (including phenoxy) is 2. The monoisotopic (exact) mass is 835 g/mol. The molecule has 0 atom stereocenters. The Morgan fingerprint density at radius 1 is 0.344 bits per heavy atom. The average Bonchev–Trinajstić information content (AvgIpc) is 3.88. The number of benzene rings is 9. The zero-order valence-corrected chi connectivity index (χ0v) is 35.4. The lowest BCUT2D eigenvalue weighted by atomic mass is 9.67. The second-order valence-electron chi connectivity index (χ2n) is 16.6. The highest BCUT2D eigenvalue weighted by molar-refractivity contribution is 7.25. The van der Waals surface area contributed by atoms with Crippen LogP contribution in [0.15, 0.2) is 224 Å². The summed E-state index contributed by atoms with van der Waals surface area (Å²) in [6.45, 7) is 0. The van der Waals surface area contributed by atoms with Gasteiger partial charge in [0.15, 0.2) is 23.0 Å². The van der Waals surface area contributed by atoms with E-state index >= 15 is 0 Å². The van der Waals surface area contributed by atoms with E-state index in [-0.39, 0.29) is 0 Å². The summed E-state index contributed by atoms with van der Waals surface area (Å²) in [7, 11) is 0. The third kappa shape index (κ3) is 5.70. The lowest BCUT2D eigenvalue weighted by Gasteiger charge is -2.34. The highest BCUT2D eigenvalue weighted by atomic mass is 32.1. The van der Waals surface area contributed by atoms with Crippen LogP contribution in [0.25, 0.3) is 76.1 Å². The normalized spacial score (nSPS) is 13.1. The van der Waals surface area contributed by atoms with Gasteiger partial charge in [0.25, 0.3) is 0 Å². The van der Waals surface area contributed by atoms with E-state index in [1.165, 1.54) is 48.0 Å². The van der Waals surface area contributed by atoms with Crippen LogP contribution in [0.5, 0.6) is 23.0 Å². The van der Waals surface area contributed by atoms with Crippen molar-refractivity contribution in [2.75, 3.05) is 0 Å². The maximum Gasteiger partial charge on any atom is 0.177 e. The molecule has 0 saturated carbocycles. The number of pyridine rings is 1. The summed E-state index contributed by atoms with van der Waals surface area (Å²) in [5, 5.41) is 2.58. The fourth-order valence-electron chi connectivity index (χ4n) is 10.1. The molecule has 1 aliphatic heterocycles. The van der Waals surface area contributed by atoms with Crippen molar-refractivity contribution in [2.45, 2.75) is 5.41 Å².